The van der Waals surface area contributed by atoms with Crippen LogP contribution in [0.5, 0.6) is 0 Å². The number of allylic oxidation sites excluding steroid dienone is 8. The summed E-state index contributed by atoms with van der Waals surface area (Å²) in [6.07, 6.45) is 58.1. The summed E-state index contributed by atoms with van der Waals surface area (Å²) in [6.45, 7) is 6.50. The van der Waals surface area contributed by atoms with Gasteiger partial charge in [-0.25, -0.2) is 0 Å². The molecule has 0 saturated carbocycles. The molecule has 0 bridgehead atoms. The molecule has 0 amide bonds. The van der Waals surface area contributed by atoms with Gasteiger partial charge in [0.05, 0.1) is 0 Å². The Morgan fingerprint density at radius 2 is 0.650 bits per heavy atom. The third-order valence-corrected chi connectivity index (χ3v) is 11.1. The van der Waals surface area contributed by atoms with Crippen molar-refractivity contribution in [1.82, 2.24) is 0 Å². The maximum absolute atomic E-state index is 12.8. The zero-order chi connectivity index (χ0) is 43.7. The fourth-order valence-corrected chi connectivity index (χ4v) is 7.26. The second-order valence-electron chi connectivity index (χ2n) is 17.1. The summed E-state index contributed by atoms with van der Waals surface area (Å²) in [7, 11) is 0. The van der Waals surface area contributed by atoms with Crippen molar-refractivity contribution in [2.75, 3.05) is 13.2 Å². The molecule has 0 fully saturated rings. The van der Waals surface area contributed by atoms with E-state index in [0.29, 0.717) is 19.3 Å². The van der Waals surface area contributed by atoms with Gasteiger partial charge < -0.3 is 14.2 Å². The van der Waals surface area contributed by atoms with Crippen LogP contribution in [0.15, 0.2) is 48.6 Å². The quantitative estimate of drug-likeness (QED) is 0.0263. The lowest BCUT2D eigenvalue weighted by molar-refractivity contribution is -0.167. The Balaban J connectivity index is 4.40. The second kappa shape index (κ2) is 49.0. The highest BCUT2D eigenvalue weighted by atomic mass is 16.6. The van der Waals surface area contributed by atoms with Gasteiger partial charge in [0.15, 0.2) is 6.10 Å². The summed E-state index contributed by atoms with van der Waals surface area (Å²) in [5.41, 5.74) is 0. The molecule has 0 aliphatic rings. The van der Waals surface area contributed by atoms with Crippen molar-refractivity contribution in [3.05, 3.63) is 48.6 Å². The minimum atomic E-state index is -0.789. The van der Waals surface area contributed by atoms with E-state index in [9.17, 15) is 14.4 Å². The lowest BCUT2D eigenvalue weighted by Crippen LogP contribution is -2.30. The maximum atomic E-state index is 12.8. The first-order valence-corrected chi connectivity index (χ1v) is 25.6. The molecule has 0 N–H and O–H groups in total. The maximum Gasteiger partial charge on any atom is 0.306 e. The van der Waals surface area contributed by atoms with Crippen LogP contribution in [0, 0.1) is 0 Å². The molecule has 0 aliphatic heterocycles. The predicted octanol–water partition coefficient (Wildman–Crippen LogP) is 16.7. The number of ether oxygens (including phenoxy) is 3. The summed E-state index contributed by atoms with van der Waals surface area (Å²) >= 11 is 0. The van der Waals surface area contributed by atoms with Crippen molar-refractivity contribution in [3.8, 4) is 0 Å². The smallest absolute Gasteiger partial charge is 0.306 e. The van der Waals surface area contributed by atoms with Crippen LogP contribution < -0.4 is 0 Å². The monoisotopic (exact) mass is 841 g/mol. The topological polar surface area (TPSA) is 78.9 Å². The van der Waals surface area contributed by atoms with E-state index in [1.165, 1.54) is 135 Å². The molecule has 0 radical (unpaired) electrons. The predicted molar refractivity (Wildman–Crippen MR) is 256 cm³/mol. The third kappa shape index (κ3) is 46.4. The van der Waals surface area contributed by atoms with Crippen molar-refractivity contribution in [2.45, 2.75) is 264 Å². The van der Waals surface area contributed by atoms with Gasteiger partial charge in [0.2, 0.25) is 0 Å². The minimum absolute atomic E-state index is 0.0862. The van der Waals surface area contributed by atoms with Gasteiger partial charge in [-0.2, -0.15) is 0 Å². The summed E-state index contributed by atoms with van der Waals surface area (Å²) in [6, 6.07) is 0. The average Bonchev–Trinajstić information content (AvgIpc) is 3.24. The standard InChI is InChI=1S/C54H96O6/c1-4-7-10-13-16-19-22-24-26-28-29-32-35-38-41-44-47-53(56)59-50-51(49-58-52(55)46-43-40-37-34-31-21-18-15-12-9-6-3)60-54(57)48-45-42-39-36-33-30-27-25-23-20-17-14-11-8-5-2/h8,11,17,20,25,27,33,36,51H,4-7,9-10,12-16,18-19,21-24,26,28-32,34-35,37-50H2,1-3H3/b11-8-,20-17-,27-25-,36-33-/t51-/m1/s1. The Morgan fingerprint density at radius 3 is 1.02 bits per heavy atom. The van der Waals surface area contributed by atoms with Gasteiger partial charge in [-0.15, -0.1) is 0 Å². The number of hydrogen-bond acceptors (Lipinski definition) is 6. The first kappa shape index (κ1) is 57.4. The zero-order valence-corrected chi connectivity index (χ0v) is 39.7. The Kier molecular flexibility index (Phi) is 46.9. The summed E-state index contributed by atoms with van der Waals surface area (Å²) in [5.74, 6) is -0.920. The first-order valence-electron chi connectivity index (χ1n) is 25.6. The molecule has 0 spiro atoms. The van der Waals surface area contributed by atoms with Crippen molar-refractivity contribution < 1.29 is 28.6 Å². The van der Waals surface area contributed by atoms with Gasteiger partial charge in [-0.3, -0.25) is 14.4 Å². The Labute approximate surface area is 371 Å². The van der Waals surface area contributed by atoms with E-state index in [1.807, 2.05) is 0 Å². The Bertz CT molecular complexity index is 1060. The van der Waals surface area contributed by atoms with Crippen molar-refractivity contribution in [1.29, 1.82) is 0 Å². The van der Waals surface area contributed by atoms with Crippen LogP contribution in [0.1, 0.15) is 258 Å². The minimum Gasteiger partial charge on any atom is -0.462 e. The number of unbranched alkanes of at least 4 members (excludes halogenated alkanes) is 27. The molecule has 0 saturated heterocycles. The van der Waals surface area contributed by atoms with Crippen molar-refractivity contribution in [3.63, 3.8) is 0 Å². The molecule has 0 aromatic carbocycles. The van der Waals surface area contributed by atoms with Gasteiger partial charge in [-0.1, -0.05) is 230 Å². The lowest BCUT2D eigenvalue weighted by Gasteiger charge is -2.18. The molecule has 0 aromatic heterocycles. The average molecular weight is 841 g/mol. The van der Waals surface area contributed by atoms with E-state index < -0.39 is 6.10 Å². The molecule has 0 aromatic rings. The normalized spacial score (nSPS) is 12.4. The van der Waals surface area contributed by atoms with Gasteiger partial charge >= 0.3 is 17.9 Å². The molecular weight excluding hydrogens is 745 g/mol. The van der Waals surface area contributed by atoms with Crippen LogP contribution in [0.4, 0.5) is 0 Å². The van der Waals surface area contributed by atoms with Crippen molar-refractivity contribution in [2.24, 2.45) is 0 Å². The molecule has 6 heteroatoms. The van der Waals surface area contributed by atoms with Gasteiger partial charge in [0, 0.05) is 19.3 Å². The van der Waals surface area contributed by atoms with E-state index in [2.05, 4.69) is 69.4 Å². The molecule has 6 nitrogen and oxygen atoms in total. The lowest BCUT2D eigenvalue weighted by atomic mass is 10.0. The molecule has 0 unspecified atom stereocenters. The first-order chi connectivity index (χ1) is 29.5. The van der Waals surface area contributed by atoms with Crippen molar-refractivity contribution >= 4 is 17.9 Å². The molecule has 0 heterocycles. The third-order valence-electron chi connectivity index (χ3n) is 11.1. The van der Waals surface area contributed by atoms with Gasteiger partial charge in [-0.05, 0) is 57.8 Å². The van der Waals surface area contributed by atoms with Crippen LogP contribution in [0.2, 0.25) is 0 Å². The fraction of sp³-hybridized carbons (Fsp3) is 0.796. The highest BCUT2D eigenvalue weighted by Crippen LogP contribution is 2.16. The molecule has 60 heavy (non-hydrogen) atoms. The highest BCUT2D eigenvalue weighted by molar-refractivity contribution is 5.71. The van der Waals surface area contributed by atoms with Crippen LogP contribution in [-0.2, 0) is 28.6 Å². The fourth-order valence-electron chi connectivity index (χ4n) is 7.26. The summed E-state index contributed by atoms with van der Waals surface area (Å²) in [4.78, 5) is 37.9. The number of rotatable bonds is 46. The van der Waals surface area contributed by atoms with Crippen LogP contribution >= 0.6 is 0 Å². The van der Waals surface area contributed by atoms with E-state index in [0.717, 1.165) is 77.0 Å². The van der Waals surface area contributed by atoms with Crippen LogP contribution in [-0.4, -0.2) is 37.2 Å². The van der Waals surface area contributed by atoms with Gasteiger partial charge in [0.1, 0.15) is 13.2 Å². The zero-order valence-electron chi connectivity index (χ0n) is 39.7. The molecule has 1 atom stereocenters. The number of esters is 3. The van der Waals surface area contributed by atoms with E-state index >= 15 is 0 Å². The number of hydrogen-bond donors (Lipinski definition) is 0. The molecule has 348 valence electrons. The molecule has 0 rings (SSSR count). The summed E-state index contributed by atoms with van der Waals surface area (Å²) in [5, 5.41) is 0. The Hall–Kier alpha value is -2.63. The van der Waals surface area contributed by atoms with E-state index in [-0.39, 0.29) is 37.5 Å². The molecular formula is C54H96O6. The Morgan fingerprint density at radius 1 is 0.350 bits per heavy atom. The SMILES string of the molecule is CC/C=C\C/C=C\C/C=C\C/C=C\CCCCC(=O)O[C@H](COC(=O)CCCCCCCCCCCCC)COC(=O)CCCCCCCCCCCCCCCCCC. The second-order valence-corrected chi connectivity index (χ2v) is 17.1. The van der Waals surface area contributed by atoms with Crippen LogP contribution in [0.3, 0.4) is 0 Å². The van der Waals surface area contributed by atoms with Crippen LogP contribution in [0.25, 0.3) is 0 Å². The molecule has 0 aliphatic carbocycles. The van der Waals surface area contributed by atoms with E-state index in [1.54, 1.807) is 0 Å². The van der Waals surface area contributed by atoms with Gasteiger partial charge in [0.25, 0.3) is 0 Å². The summed E-state index contributed by atoms with van der Waals surface area (Å²) < 4.78 is 16.7. The number of carbonyl (C=O) groups is 3. The number of carbonyl (C=O) groups excluding carboxylic acids is 3. The largest absolute Gasteiger partial charge is 0.462 e. The van der Waals surface area contributed by atoms with E-state index in [4.69, 9.17) is 14.2 Å². The highest BCUT2D eigenvalue weighted by Gasteiger charge is 2.19.